The predicted molar refractivity (Wildman–Crippen MR) is 115 cm³/mol. The zero-order chi connectivity index (χ0) is 21.1. The summed E-state index contributed by atoms with van der Waals surface area (Å²) >= 11 is 0. The van der Waals surface area contributed by atoms with Crippen molar-refractivity contribution in [3.8, 4) is 0 Å². The van der Waals surface area contributed by atoms with Crippen molar-refractivity contribution in [3.05, 3.63) is 0 Å². The van der Waals surface area contributed by atoms with Crippen LogP contribution in [0.5, 0.6) is 0 Å². The molecule has 4 heteroatoms. The average molecular weight is 417 g/mol. The van der Waals surface area contributed by atoms with Crippen molar-refractivity contribution in [2.45, 2.75) is 110 Å². The minimum absolute atomic E-state index is 0.0888. The fraction of sp³-hybridized carbons (Fsp3) is 0.923. The van der Waals surface area contributed by atoms with Crippen LogP contribution in [-0.4, -0.2) is 30.1 Å². The zero-order valence-corrected chi connectivity index (χ0v) is 19.2. The lowest BCUT2D eigenvalue weighted by Crippen LogP contribution is -2.60. The molecule has 168 valence electrons. The monoisotopic (exact) mass is 416 g/mol. The van der Waals surface area contributed by atoms with Gasteiger partial charge >= 0.3 is 0 Å². The quantitative estimate of drug-likeness (QED) is 0.612. The van der Waals surface area contributed by atoms with Crippen LogP contribution in [0.1, 0.15) is 97.8 Å². The molecule has 0 aromatic rings. The summed E-state index contributed by atoms with van der Waals surface area (Å²) in [7, 11) is 0. The summed E-state index contributed by atoms with van der Waals surface area (Å²) in [4.78, 5) is 25.3. The van der Waals surface area contributed by atoms with Crippen LogP contribution >= 0.6 is 0 Å². The first-order chi connectivity index (χ1) is 14.3. The standard InChI is InChI=1S/C26H40O4/c1-17(27)26(30-23-6-4-5-15-29-23)14-11-22-20-8-7-18-16-19(28)9-12-24(18,2)21(20)10-13-25(22,26)3/h18,20-23H,4-16H2,1-3H3/t18-,20-,21+,22+,23+,24+,25+,26+/m1/s1. The Kier molecular flexibility index (Phi) is 5.21. The highest BCUT2D eigenvalue weighted by molar-refractivity contribution is 5.86. The van der Waals surface area contributed by atoms with Gasteiger partial charge in [0.15, 0.2) is 12.1 Å². The van der Waals surface area contributed by atoms with Gasteiger partial charge in [0.2, 0.25) is 0 Å². The number of hydrogen-bond donors (Lipinski definition) is 0. The van der Waals surface area contributed by atoms with E-state index in [4.69, 9.17) is 9.47 Å². The molecule has 0 aromatic carbocycles. The predicted octanol–water partition coefficient (Wildman–Crippen LogP) is 5.47. The molecular formula is C26H40O4. The highest BCUT2D eigenvalue weighted by Gasteiger charge is 2.67. The minimum atomic E-state index is -0.676. The van der Waals surface area contributed by atoms with Crippen LogP contribution in [0.15, 0.2) is 0 Å². The third-order valence-corrected chi connectivity index (χ3v) is 10.6. The SMILES string of the molecule is CC(=O)[C@@]1(O[C@H]2CCCCO2)CC[C@H]2[C@@H]3CC[C@@H]4CC(=O)CC[C@]4(C)[C@H]3CC[C@@]21C. The Morgan fingerprint density at radius 3 is 2.53 bits per heavy atom. The maximum atomic E-state index is 13.2. The molecule has 1 heterocycles. The summed E-state index contributed by atoms with van der Waals surface area (Å²) in [6, 6.07) is 0. The highest BCUT2D eigenvalue weighted by atomic mass is 16.7. The summed E-state index contributed by atoms with van der Waals surface area (Å²) in [5, 5.41) is 0. The molecule has 4 aliphatic carbocycles. The van der Waals surface area contributed by atoms with Gasteiger partial charge in [0.25, 0.3) is 0 Å². The fourth-order valence-electron chi connectivity index (χ4n) is 8.93. The Balaban J connectivity index is 1.43. The van der Waals surface area contributed by atoms with Gasteiger partial charge < -0.3 is 9.47 Å². The first-order valence-corrected chi connectivity index (χ1v) is 12.6. The van der Waals surface area contributed by atoms with Gasteiger partial charge in [-0.2, -0.15) is 0 Å². The molecule has 1 saturated heterocycles. The number of hydrogen-bond acceptors (Lipinski definition) is 4. The Bertz CT molecular complexity index is 712. The topological polar surface area (TPSA) is 52.6 Å². The maximum absolute atomic E-state index is 13.2. The van der Waals surface area contributed by atoms with Crippen LogP contribution in [-0.2, 0) is 19.1 Å². The van der Waals surface area contributed by atoms with Gasteiger partial charge in [-0.3, -0.25) is 9.59 Å². The van der Waals surface area contributed by atoms with Gasteiger partial charge in [0.1, 0.15) is 11.4 Å². The van der Waals surface area contributed by atoms with E-state index in [1.807, 2.05) is 0 Å². The molecule has 0 spiro atoms. The third kappa shape index (κ3) is 2.92. The first kappa shape index (κ1) is 21.1. The van der Waals surface area contributed by atoms with Gasteiger partial charge in [0.05, 0.1) is 0 Å². The largest absolute Gasteiger partial charge is 0.353 e. The normalized spacial score (nSPS) is 51.0. The van der Waals surface area contributed by atoms with Gasteiger partial charge in [-0.1, -0.05) is 13.8 Å². The van der Waals surface area contributed by atoms with E-state index in [1.54, 1.807) is 6.92 Å². The molecule has 0 bridgehead atoms. The van der Waals surface area contributed by atoms with Gasteiger partial charge in [0, 0.05) is 24.9 Å². The number of ether oxygens (including phenoxy) is 2. The minimum Gasteiger partial charge on any atom is -0.353 e. The van der Waals surface area contributed by atoms with Crippen molar-refractivity contribution in [2.75, 3.05) is 6.61 Å². The summed E-state index contributed by atoms with van der Waals surface area (Å²) in [5.74, 6) is 3.21. The molecule has 0 unspecified atom stereocenters. The fourth-order valence-corrected chi connectivity index (χ4v) is 8.93. The first-order valence-electron chi connectivity index (χ1n) is 12.6. The van der Waals surface area contributed by atoms with E-state index in [2.05, 4.69) is 13.8 Å². The molecule has 5 aliphatic rings. The van der Waals surface area contributed by atoms with Gasteiger partial charge in [-0.25, -0.2) is 0 Å². The molecule has 0 aromatic heterocycles. The van der Waals surface area contributed by atoms with Crippen LogP contribution in [0.25, 0.3) is 0 Å². The average Bonchev–Trinajstić information content (AvgIpc) is 3.03. The molecule has 4 saturated carbocycles. The molecule has 4 nitrogen and oxygen atoms in total. The molecule has 5 rings (SSSR count). The van der Waals surface area contributed by atoms with Crippen LogP contribution < -0.4 is 0 Å². The van der Waals surface area contributed by atoms with Crippen molar-refractivity contribution >= 4 is 11.6 Å². The number of fused-ring (bicyclic) bond motifs is 5. The third-order valence-electron chi connectivity index (χ3n) is 10.6. The van der Waals surface area contributed by atoms with Gasteiger partial charge in [-0.05, 0) is 100 Å². The Labute approximate surface area is 181 Å². The Morgan fingerprint density at radius 2 is 1.80 bits per heavy atom. The van der Waals surface area contributed by atoms with Crippen molar-refractivity contribution in [2.24, 2.45) is 34.5 Å². The lowest BCUT2D eigenvalue weighted by molar-refractivity contribution is -0.255. The van der Waals surface area contributed by atoms with Crippen molar-refractivity contribution < 1.29 is 19.1 Å². The lowest BCUT2D eigenvalue weighted by Gasteiger charge is -2.61. The van der Waals surface area contributed by atoms with Crippen molar-refractivity contribution in [1.82, 2.24) is 0 Å². The van der Waals surface area contributed by atoms with Crippen molar-refractivity contribution in [1.29, 1.82) is 0 Å². The van der Waals surface area contributed by atoms with E-state index in [0.29, 0.717) is 34.9 Å². The van der Waals surface area contributed by atoms with E-state index in [0.717, 1.165) is 64.4 Å². The summed E-state index contributed by atoms with van der Waals surface area (Å²) in [6.45, 7) is 7.36. The highest BCUT2D eigenvalue weighted by Crippen LogP contribution is 2.69. The molecule has 8 atom stereocenters. The number of rotatable bonds is 3. The molecule has 0 radical (unpaired) electrons. The van der Waals surface area contributed by atoms with E-state index < -0.39 is 5.60 Å². The second kappa shape index (κ2) is 7.40. The van der Waals surface area contributed by atoms with E-state index >= 15 is 0 Å². The lowest BCUT2D eigenvalue weighted by atomic mass is 9.44. The smallest absolute Gasteiger partial charge is 0.162 e. The second-order valence-electron chi connectivity index (χ2n) is 11.7. The van der Waals surface area contributed by atoms with Crippen LogP contribution in [0.3, 0.4) is 0 Å². The second-order valence-corrected chi connectivity index (χ2v) is 11.7. The Morgan fingerprint density at radius 1 is 1.00 bits per heavy atom. The molecule has 30 heavy (non-hydrogen) atoms. The number of ketones is 2. The maximum Gasteiger partial charge on any atom is 0.162 e. The zero-order valence-electron chi connectivity index (χ0n) is 19.2. The molecule has 0 amide bonds. The van der Waals surface area contributed by atoms with Gasteiger partial charge in [-0.15, -0.1) is 0 Å². The molecule has 1 aliphatic heterocycles. The van der Waals surface area contributed by atoms with Crippen LogP contribution in [0, 0.1) is 34.5 Å². The van der Waals surface area contributed by atoms with E-state index in [1.165, 1.54) is 19.3 Å². The Hall–Kier alpha value is -0.740. The molecule has 0 N–H and O–H groups in total. The molecule has 5 fully saturated rings. The van der Waals surface area contributed by atoms with Crippen LogP contribution in [0.4, 0.5) is 0 Å². The van der Waals surface area contributed by atoms with Crippen LogP contribution in [0.2, 0.25) is 0 Å². The van der Waals surface area contributed by atoms with Crippen molar-refractivity contribution in [3.63, 3.8) is 0 Å². The number of Topliss-reactive ketones (excluding diaryl/α,β-unsaturated/α-hetero) is 2. The number of carbonyl (C=O) groups excluding carboxylic acids is 2. The summed E-state index contributed by atoms with van der Waals surface area (Å²) in [5.41, 5.74) is -0.452. The van der Waals surface area contributed by atoms with E-state index in [9.17, 15) is 9.59 Å². The summed E-state index contributed by atoms with van der Waals surface area (Å²) < 4.78 is 12.6. The number of carbonyl (C=O) groups is 2. The van der Waals surface area contributed by atoms with E-state index in [-0.39, 0.29) is 17.5 Å². The molecular weight excluding hydrogens is 376 g/mol. The summed E-state index contributed by atoms with van der Waals surface area (Å²) in [6.07, 6.45) is 12.2.